The first kappa shape index (κ1) is 51.7. The SMILES string of the molecule is [C-]#[N+]c1ccc(-c2ccc3c(c2)c2cc(-c4ccc([N+]#[C-])cc4[N+]#[C-])ccc2n3-c2cc(C#N)c(-n3c4ccc(-c5ccc(C#N)cc5C#N)cc4c4cc(-c5ccc(C#N)cc5C#N)ccc43)cc2-c2ccccc2C(F)(F)F)c([N+]#[C-])c1. The smallest absolute Gasteiger partial charge is 0.309 e. The minimum absolute atomic E-state index is 0.0642. The molecule has 0 aliphatic rings. The Balaban J connectivity index is 1.18. The van der Waals surface area contributed by atoms with E-state index in [1.807, 2.05) is 24.3 Å². The predicted octanol–water partition coefficient (Wildman–Crippen LogP) is 18.8. The number of hydrogen-bond acceptors (Lipinski definition) is 5. The normalized spacial score (nSPS) is 10.9. The molecule has 11 nitrogen and oxygen atoms in total. The molecule has 0 aliphatic heterocycles. The molecule has 10 aromatic carbocycles. The van der Waals surface area contributed by atoms with Gasteiger partial charge in [0, 0.05) is 27.1 Å². The van der Waals surface area contributed by atoms with Crippen molar-refractivity contribution in [3.8, 4) is 97.4 Å². The topological polar surface area (TPSA) is 146 Å². The van der Waals surface area contributed by atoms with Crippen molar-refractivity contribution in [1.82, 2.24) is 9.13 Å². The van der Waals surface area contributed by atoms with Crippen LogP contribution in [-0.4, -0.2) is 9.13 Å². The number of hydrogen-bond donors (Lipinski definition) is 0. The highest BCUT2D eigenvalue weighted by Crippen LogP contribution is 2.48. The summed E-state index contributed by atoms with van der Waals surface area (Å²) in [5.41, 5.74) is 8.17. The van der Waals surface area contributed by atoms with Gasteiger partial charge in [0.1, 0.15) is 6.07 Å². The van der Waals surface area contributed by atoms with Crippen molar-refractivity contribution in [2.75, 3.05) is 0 Å². The van der Waals surface area contributed by atoms with Crippen LogP contribution >= 0.6 is 0 Å². The van der Waals surface area contributed by atoms with Gasteiger partial charge >= 0.3 is 6.18 Å². The number of nitriles is 5. The van der Waals surface area contributed by atoms with Crippen LogP contribution < -0.4 is 0 Å². The Labute approximate surface area is 477 Å². The quantitative estimate of drug-likeness (QED) is 0.146. The Morgan fingerprint density at radius 2 is 0.750 bits per heavy atom. The molecule has 0 unspecified atom stereocenters. The summed E-state index contributed by atoms with van der Waals surface area (Å²) in [7, 11) is 0. The second-order valence-corrected chi connectivity index (χ2v) is 19.5. The molecule has 0 aliphatic carbocycles. The summed E-state index contributed by atoms with van der Waals surface area (Å²) in [4.78, 5) is 14.5. The lowest BCUT2D eigenvalue weighted by molar-refractivity contribution is -0.137. The summed E-state index contributed by atoms with van der Waals surface area (Å²) in [5.74, 6) is 0. The van der Waals surface area contributed by atoms with E-state index >= 15 is 13.2 Å². The molecule has 0 N–H and O–H groups in total. The zero-order valence-corrected chi connectivity index (χ0v) is 43.4. The lowest BCUT2D eigenvalue weighted by atomic mass is 9.95. The van der Waals surface area contributed by atoms with E-state index in [2.05, 4.69) is 49.7 Å². The fraction of sp³-hybridized carbons (Fsp3) is 0.0143. The maximum Gasteiger partial charge on any atom is 0.417 e. The van der Waals surface area contributed by atoms with Crippen LogP contribution in [0.4, 0.5) is 35.9 Å². The fourth-order valence-electron chi connectivity index (χ4n) is 11.2. The molecule has 0 bridgehead atoms. The molecular weight excluding hydrogens is 1050 g/mol. The molecule has 84 heavy (non-hydrogen) atoms. The Hall–Kier alpha value is -13.0. The van der Waals surface area contributed by atoms with Crippen molar-refractivity contribution in [3.63, 3.8) is 0 Å². The number of benzene rings is 10. The van der Waals surface area contributed by atoms with Gasteiger partial charge in [-0.25, -0.2) is 19.4 Å². The minimum Gasteiger partial charge on any atom is -0.309 e. The number of halogens is 3. The fourth-order valence-corrected chi connectivity index (χ4v) is 11.2. The van der Waals surface area contributed by atoms with Crippen molar-refractivity contribution < 1.29 is 13.2 Å². The largest absolute Gasteiger partial charge is 0.417 e. The molecule has 12 aromatic rings. The first-order valence-electron chi connectivity index (χ1n) is 25.5. The monoisotopic (exact) mass is 1080 g/mol. The molecule has 0 radical (unpaired) electrons. The number of aromatic nitrogens is 2. The van der Waals surface area contributed by atoms with Gasteiger partial charge in [-0.15, -0.1) is 0 Å². The van der Waals surface area contributed by atoms with Crippen LogP contribution in [0.3, 0.4) is 0 Å². The number of fused-ring (bicyclic) bond motifs is 6. The van der Waals surface area contributed by atoms with Gasteiger partial charge in [-0.1, -0.05) is 91.0 Å². The van der Waals surface area contributed by atoms with Crippen LogP contribution in [0.15, 0.2) is 182 Å². The average molecular weight is 1080 g/mol. The number of nitrogens with zero attached hydrogens (tertiary/aromatic N) is 11. The minimum atomic E-state index is -4.86. The van der Waals surface area contributed by atoms with Crippen molar-refractivity contribution in [3.05, 3.63) is 261 Å². The molecule has 2 aromatic heterocycles. The number of alkyl halides is 3. The Kier molecular flexibility index (Phi) is 12.5. The highest BCUT2D eigenvalue weighted by Gasteiger charge is 2.35. The van der Waals surface area contributed by atoms with E-state index in [0.717, 1.165) is 6.07 Å². The molecule has 2 heterocycles. The van der Waals surface area contributed by atoms with Crippen molar-refractivity contribution in [2.45, 2.75) is 6.18 Å². The first-order valence-corrected chi connectivity index (χ1v) is 25.5. The lowest BCUT2D eigenvalue weighted by Crippen LogP contribution is -2.09. The molecule has 386 valence electrons. The molecule has 14 heteroatoms. The molecule has 0 fully saturated rings. The van der Waals surface area contributed by atoms with Crippen molar-refractivity contribution in [1.29, 1.82) is 26.3 Å². The van der Waals surface area contributed by atoms with Crippen LogP contribution in [0.5, 0.6) is 0 Å². The molecule has 0 atom stereocenters. The van der Waals surface area contributed by atoms with Gasteiger partial charge in [0.25, 0.3) is 0 Å². The van der Waals surface area contributed by atoms with Crippen LogP contribution in [0.1, 0.15) is 33.4 Å². The van der Waals surface area contributed by atoms with Crippen LogP contribution in [0.25, 0.3) is 130 Å². The Bertz CT molecular complexity index is 5060. The molecule has 0 saturated carbocycles. The molecule has 12 rings (SSSR count). The zero-order chi connectivity index (χ0) is 58.6. The summed E-state index contributed by atoms with van der Waals surface area (Å²) >= 11 is 0. The van der Waals surface area contributed by atoms with Crippen LogP contribution in [0, 0.1) is 82.9 Å². The van der Waals surface area contributed by atoms with Crippen molar-refractivity contribution >= 4 is 66.4 Å². The van der Waals surface area contributed by atoms with Gasteiger partial charge in [-0.05, 0) is 141 Å². The number of rotatable bonds is 7. The summed E-state index contributed by atoms with van der Waals surface area (Å²) in [6, 6.07) is 60.4. The van der Waals surface area contributed by atoms with E-state index in [1.165, 1.54) is 42.5 Å². The maximum atomic E-state index is 15.6. The third-order valence-electron chi connectivity index (χ3n) is 15.0. The summed E-state index contributed by atoms with van der Waals surface area (Å²) in [6.45, 7) is 31.3. The predicted molar refractivity (Wildman–Crippen MR) is 316 cm³/mol. The second-order valence-electron chi connectivity index (χ2n) is 19.5. The molecular formula is C70H30F3N11. The molecule has 0 spiro atoms. The van der Waals surface area contributed by atoms with Gasteiger partial charge in [-0.3, -0.25) is 0 Å². The van der Waals surface area contributed by atoms with Gasteiger partial charge in [-0.2, -0.15) is 39.5 Å². The third-order valence-corrected chi connectivity index (χ3v) is 15.0. The van der Waals surface area contributed by atoms with Crippen LogP contribution in [-0.2, 0) is 6.18 Å². The first-order chi connectivity index (χ1) is 40.8. The molecule has 0 saturated heterocycles. The maximum absolute atomic E-state index is 15.6. The van der Waals surface area contributed by atoms with Gasteiger partial charge in [0.2, 0.25) is 0 Å². The standard InChI is InChI=1S/C70H30F3N11/c1-79-49-15-19-53(62(32-49)81-3)44-13-23-66-58(29-44)59-30-45(54-20-16-50(80-2)33-63(54)82-4)14-24-67(59)84(66)69-31-48(39-78)68(34-60(69)55-7-5-6-8-61(55)70(71,72)73)83-64-21-11-42(51-17-9-40(35-74)25-46(51)37-76)27-56(64)57-28-43(12-22-65(57)83)52-18-10-41(36-75)26-47(52)38-77/h5-34H. The van der Waals surface area contributed by atoms with E-state index < -0.39 is 11.7 Å². The van der Waals surface area contributed by atoms with E-state index in [-0.39, 0.29) is 73.1 Å². The summed E-state index contributed by atoms with van der Waals surface area (Å²) in [5, 5.41) is 53.9. The lowest BCUT2D eigenvalue weighted by Gasteiger charge is -2.21. The average Bonchev–Trinajstić information content (AvgIpc) is 1.77. The van der Waals surface area contributed by atoms with Gasteiger partial charge < -0.3 is 9.13 Å². The highest BCUT2D eigenvalue weighted by molar-refractivity contribution is 6.14. The van der Waals surface area contributed by atoms with E-state index in [0.29, 0.717) is 88.1 Å². The Morgan fingerprint density at radius 1 is 0.345 bits per heavy atom. The third kappa shape index (κ3) is 8.48. The van der Waals surface area contributed by atoms with E-state index in [9.17, 15) is 26.3 Å². The summed E-state index contributed by atoms with van der Waals surface area (Å²) in [6.07, 6.45) is -4.86. The Morgan fingerprint density at radius 3 is 1.14 bits per heavy atom. The van der Waals surface area contributed by atoms with E-state index in [1.54, 1.807) is 118 Å². The summed E-state index contributed by atoms with van der Waals surface area (Å²) < 4.78 is 50.5. The zero-order valence-electron chi connectivity index (χ0n) is 43.4. The van der Waals surface area contributed by atoms with Crippen LogP contribution in [0.2, 0.25) is 0 Å². The second kappa shape index (κ2) is 20.3. The van der Waals surface area contributed by atoms with Gasteiger partial charge in [0.15, 0.2) is 22.7 Å². The van der Waals surface area contributed by atoms with Crippen molar-refractivity contribution in [2.24, 2.45) is 0 Å². The van der Waals surface area contributed by atoms with Gasteiger partial charge in [0.05, 0.1) is 117 Å². The van der Waals surface area contributed by atoms with E-state index in [4.69, 9.17) is 26.3 Å². The molecule has 0 amide bonds. The highest BCUT2D eigenvalue weighted by atomic mass is 19.4.